The van der Waals surface area contributed by atoms with E-state index in [0.29, 0.717) is 38.2 Å². The zero-order chi connectivity index (χ0) is 20.0. The molecule has 2 aliphatic rings. The van der Waals surface area contributed by atoms with Crippen LogP contribution in [0, 0.1) is 6.92 Å². The number of amides is 2. The molecule has 0 unspecified atom stereocenters. The lowest BCUT2D eigenvalue weighted by atomic mass is 10.1. The van der Waals surface area contributed by atoms with Gasteiger partial charge in [-0.2, -0.15) is 0 Å². The predicted octanol–water partition coefficient (Wildman–Crippen LogP) is 2.40. The first kappa shape index (κ1) is 17.6. The number of piperazine rings is 1. The molecule has 5 rings (SSSR count). The molecule has 0 aliphatic carbocycles. The van der Waals surface area contributed by atoms with Gasteiger partial charge in [0.15, 0.2) is 5.82 Å². The second kappa shape index (κ2) is 6.84. The molecule has 2 aromatic carbocycles. The van der Waals surface area contributed by atoms with E-state index in [1.54, 1.807) is 6.07 Å². The molecule has 7 heteroatoms. The summed E-state index contributed by atoms with van der Waals surface area (Å²) in [5.74, 6) is 0.871. The first-order chi connectivity index (χ1) is 14.1. The third-order valence-electron chi connectivity index (χ3n) is 5.56. The molecule has 2 aliphatic heterocycles. The van der Waals surface area contributed by atoms with Crippen molar-refractivity contribution in [1.82, 2.24) is 14.9 Å². The summed E-state index contributed by atoms with van der Waals surface area (Å²) in [4.78, 5) is 38.0. The normalized spacial score (nSPS) is 16.1. The molecule has 0 atom stereocenters. The smallest absolute Gasteiger partial charge is 0.253 e. The molecule has 1 N–H and O–H groups in total. The topological polar surface area (TPSA) is 78.4 Å². The molecule has 7 nitrogen and oxygen atoms in total. The summed E-state index contributed by atoms with van der Waals surface area (Å²) in [6, 6.07) is 13.3. The van der Waals surface area contributed by atoms with E-state index < -0.39 is 0 Å². The number of nitrogens with zero attached hydrogens (tertiary/aromatic N) is 4. The monoisotopic (exact) mass is 387 g/mol. The Labute approximate surface area is 168 Å². The van der Waals surface area contributed by atoms with E-state index in [4.69, 9.17) is 4.98 Å². The Hall–Kier alpha value is -3.48. The van der Waals surface area contributed by atoms with E-state index in [-0.39, 0.29) is 11.8 Å². The Morgan fingerprint density at radius 1 is 1.00 bits per heavy atom. The summed E-state index contributed by atoms with van der Waals surface area (Å²) in [6.07, 6.45) is 0.337. The van der Waals surface area contributed by atoms with E-state index in [2.05, 4.69) is 15.2 Å². The number of fused-ring (bicyclic) bond motifs is 2. The molecule has 3 heterocycles. The van der Waals surface area contributed by atoms with Gasteiger partial charge >= 0.3 is 0 Å². The summed E-state index contributed by atoms with van der Waals surface area (Å²) >= 11 is 0. The maximum absolute atomic E-state index is 12.9. The van der Waals surface area contributed by atoms with Crippen LogP contribution in [0.25, 0.3) is 11.0 Å². The number of hydrogen-bond acceptors (Lipinski definition) is 5. The van der Waals surface area contributed by atoms with Gasteiger partial charge in [-0.1, -0.05) is 12.1 Å². The molecule has 0 bridgehead atoms. The molecule has 1 aromatic heterocycles. The quantitative estimate of drug-likeness (QED) is 0.731. The van der Waals surface area contributed by atoms with Gasteiger partial charge in [-0.3, -0.25) is 9.59 Å². The first-order valence-corrected chi connectivity index (χ1v) is 9.79. The van der Waals surface area contributed by atoms with Crippen LogP contribution in [0.15, 0.2) is 42.5 Å². The number of hydrogen-bond donors (Lipinski definition) is 1. The van der Waals surface area contributed by atoms with Gasteiger partial charge in [-0.25, -0.2) is 9.97 Å². The lowest BCUT2D eigenvalue weighted by Crippen LogP contribution is -2.49. The van der Waals surface area contributed by atoms with Crippen molar-refractivity contribution in [3.8, 4) is 0 Å². The van der Waals surface area contributed by atoms with Gasteiger partial charge < -0.3 is 15.1 Å². The van der Waals surface area contributed by atoms with Crippen LogP contribution in [-0.2, 0) is 11.2 Å². The second-order valence-electron chi connectivity index (χ2n) is 7.50. The highest BCUT2D eigenvalue weighted by Crippen LogP contribution is 2.25. The molecule has 0 saturated carbocycles. The number of aryl methyl sites for hydroxylation is 1. The Balaban J connectivity index is 1.31. The van der Waals surface area contributed by atoms with Gasteiger partial charge in [0, 0.05) is 37.4 Å². The van der Waals surface area contributed by atoms with Gasteiger partial charge in [-0.05, 0) is 42.8 Å². The Morgan fingerprint density at radius 3 is 2.48 bits per heavy atom. The van der Waals surface area contributed by atoms with Crippen molar-refractivity contribution in [2.24, 2.45) is 0 Å². The Bertz CT molecular complexity index is 1140. The molecule has 3 aromatic rings. The number of para-hydroxylation sites is 2. The lowest BCUT2D eigenvalue weighted by Gasteiger charge is -2.36. The SMILES string of the molecule is Cc1nc2ccccc2nc1N1CCN(C(=O)c2ccc3c(c2)CC(=O)N3)CC1. The summed E-state index contributed by atoms with van der Waals surface area (Å²) in [7, 11) is 0. The summed E-state index contributed by atoms with van der Waals surface area (Å²) in [5.41, 5.74) is 5.01. The van der Waals surface area contributed by atoms with Gasteiger partial charge in [0.05, 0.1) is 23.1 Å². The van der Waals surface area contributed by atoms with Gasteiger partial charge in [-0.15, -0.1) is 0 Å². The number of rotatable bonds is 2. The fourth-order valence-corrected chi connectivity index (χ4v) is 4.04. The van der Waals surface area contributed by atoms with Crippen LogP contribution in [0.1, 0.15) is 21.6 Å². The van der Waals surface area contributed by atoms with Crippen molar-refractivity contribution in [3.05, 3.63) is 59.3 Å². The molecular formula is C22H21N5O2. The van der Waals surface area contributed by atoms with E-state index in [0.717, 1.165) is 33.8 Å². The molecule has 1 fully saturated rings. The fraction of sp³-hybridized carbons (Fsp3) is 0.273. The number of aromatic nitrogens is 2. The van der Waals surface area contributed by atoms with E-state index in [1.165, 1.54) is 0 Å². The van der Waals surface area contributed by atoms with Crippen LogP contribution in [0.5, 0.6) is 0 Å². The third-order valence-corrected chi connectivity index (χ3v) is 5.56. The molecule has 2 amide bonds. The number of anilines is 2. The van der Waals surface area contributed by atoms with E-state index >= 15 is 0 Å². The lowest BCUT2D eigenvalue weighted by molar-refractivity contribution is -0.115. The number of benzene rings is 2. The molecule has 29 heavy (non-hydrogen) atoms. The predicted molar refractivity (Wildman–Crippen MR) is 111 cm³/mol. The van der Waals surface area contributed by atoms with E-state index in [1.807, 2.05) is 48.2 Å². The van der Waals surface area contributed by atoms with Crippen LogP contribution in [-0.4, -0.2) is 52.9 Å². The highest BCUT2D eigenvalue weighted by atomic mass is 16.2. The highest BCUT2D eigenvalue weighted by molar-refractivity contribution is 6.01. The first-order valence-electron chi connectivity index (χ1n) is 9.79. The molecule has 1 saturated heterocycles. The third kappa shape index (κ3) is 3.18. The van der Waals surface area contributed by atoms with Gasteiger partial charge in [0.2, 0.25) is 5.91 Å². The largest absolute Gasteiger partial charge is 0.352 e. The van der Waals surface area contributed by atoms with Gasteiger partial charge in [0.1, 0.15) is 0 Å². The zero-order valence-corrected chi connectivity index (χ0v) is 16.2. The van der Waals surface area contributed by atoms with Crippen LogP contribution < -0.4 is 10.2 Å². The molecule has 146 valence electrons. The van der Waals surface area contributed by atoms with Crippen LogP contribution >= 0.6 is 0 Å². The van der Waals surface area contributed by atoms with Crippen molar-refractivity contribution in [3.63, 3.8) is 0 Å². The van der Waals surface area contributed by atoms with Gasteiger partial charge in [0.25, 0.3) is 5.91 Å². The highest BCUT2D eigenvalue weighted by Gasteiger charge is 2.26. The summed E-state index contributed by atoms with van der Waals surface area (Å²) < 4.78 is 0. The number of nitrogens with one attached hydrogen (secondary N) is 1. The maximum atomic E-state index is 12.9. The zero-order valence-electron chi connectivity index (χ0n) is 16.2. The molecule has 0 radical (unpaired) electrons. The molecule has 0 spiro atoms. The summed E-state index contributed by atoms with van der Waals surface area (Å²) in [6.45, 7) is 4.66. The minimum Gasteiger partial charge on any atom is -0.352 e. The molecular weight excluding hydrogens is 366 g/mol. The number of carbonyl (C=O) groups is 2. The van der Waals surface area contributed by atoms with Crippen LogP contribution in [0.4, 0.5) is 11.5 Å². The minimum absolute atomic E-state index is 0.00752. The Morgan fingerprint density at radius 2 is 1.72 bits per heavy atom. The Kier molecular flexibility index (Phi) is 4.16. The van der Waals surface area contributed by atoms with Crippen molar-refractivity contribution in [2.75, 3.05) is 36.4 Å². The number of carbonyl (C=O) groups excluding carboxylic acids is 2. The van der Waals surface area contributed by atoms with Crippen molar-refractivity contribution in [2.45, 2.75) is 13.3 Å². The van der Waals surface area contributed by atoms with Crippen LogP contribution in [0.3, 0.4) is 0 Å². The standard InChI is InChI=1S/C22H21N5O2/c1-14-21(25-19-5-3-2-4-18(19)23-14)26-8-10-27(11-9-26)22(29)15-6-7-17-16(12-15)13-20(28)24-17/h2-7,12H,8-11,13H2,1H3,(H,24,28). The van der Waals surface area contributed by atoms with Crippen molar-refractivity contribution in [1.29, 1.82) is 0 Å². The van der Waals surface area contributed by atoms with Crippen molar-refractivity contribution >= 4 is 34.4 Å². The van der Waals surface area contributed by atoms with Crippen LogP contribution in [0.2, 0.25) is 0 Å². The average Bonchev–Trinajstić information content (AvgIpc) is 3.12. The van der Waals surface area contributed by atoms with Crippen molar-refractivity contribution < 1.29 is 9.59 Å². The average molecular weight is 387 g/mol. The fourth-order valence-electron chi connectivity index (χ4n) is 4.04. The maximum Gasteiger partial charge on any atom is 0.253 e. The minimum atomic E-state index is -0.0231. The van der Waals surface area contributed by atoms with E-state index in [9.17, 15) is 9.59 Å². The summed E-state index contributed by atoms with van der Waals surface area (Å²) in [5, 5.41) is 2.80. The second-order valence-corrected chi connectivity index (χ2v) is 7.50.